The highest BCUT2D eigenvalue weighted by molar-refractivity contribution is 5.76. The van der Waals surface area contributed by atoms with E-state index >= 15 is 0 Å². The summed E-state index contributed by atoms with van der Waals surface area (Å²) in [7, 11) is 3.37. The lowest BCUT2D eigenvalue weighted by Crippen LogP contribution is -2.30. The van der Waals surface area contributed by atoms with Gasteiger partial charge in [-0.05, 0) is 31.0 Å². The largest absolute Gasteiger partial charge is 0.496 e. The summed E-state index contributed by atoms with van der Waals surface area (Å²) >= 11 is 0. The van der Waals surface area contributed by atoms with E-state index < -0.39 is 0 Å². The molecule has 34 heavy (non-hydrogen) atoms. The van der Waals surface area contributed by atoms with Crippen LogP contribution in [0.4, 0.5) is 0 Å². The number of carbonyl (C=O) groups is 1. The Morgan fingerprint density at radius 2 is 1.74 bits per heavy atom. The Morgan fingerprint density at radius 3 is 2.44 bits per heavy atom. The number of nitrogens with one attached hydrogen (secondary N) is 1. The molecular weight excluding hydrogens is 430 g/mol. The number of rotatable bonds is 9. The number of benzene rings is 2. The molecule has 0 saturated heterocycles. The molecule has 180 valence electrons. The first kappa shape index (κ1) is 23.8. The zero-order valence-electron chi connectivity index (χ0n) is 20.2. The molecule has 3 aromatic rings. The number of hydrogen-bond acceptors (Lipinski definition) is 6. The summed E-state index contributed by atoms with van der Waals surface area (Å²) in [4.78, 5) is 14.9. The molecule has 0 unspecified atom stereocenters. The van der Waals surface area contributed by atoms with Gasteiger partial charge in [0.2, 0.25) is 5.91 Å². The van der Waals surface area contributed by atoms with Gasteiger partial charge >= 0.3 is 0 Å². The number of aryl methyl sites for hydroxylation is 1. The first-order valence-corrected chi connectivity index (χ1v) is 11.8. The first-order chi connectivity index (χ1) is 16.6. The van der Waals surface area contributed by atoms with Crippen molar-refractivity contribution in [3.8, 4) is 11.5 Å². The van der Waals surface area contributed by atoms with E-state index in [0.717, 1.165) is 73.3 Å². The van der Waals surface area contributed by atoms with Crippen LogP contribution < -0.4 is 14.8 Å². The van der Waals surface area contributed by atoms with Crippen molar-refractivity contribution in [2.24, 2.45) is 0 Å². The summed E-state index contributed by atoms with van der Waals surface area (Å²) in [5.41, 5.74) is 2.21. The van der Waals surface area contributed by atoms with Gasteiger partial charge in [0.25, 0.3) is 0 Å². The van der Waals surface area contributed by atoms with Crippen molar-refractivity contribution in [3.63, 3.8) is 0 Å². The topological polar surface area (TPSA) is 81.5 Å². The van der Waals surface area contributed by atoms with Gasteiger partial charge < -0.3 is 19.4 Å². The second-order valence-corrected chi connectivity index (χ2v) is 8.57. The molecule has 1 N–H and O–H groups in total. The molecule has 1 aliphatic heterocycles. The molecule has 4 rings (SSSR count). The third kappa shape index (κ3) is 5.56. The van der Waals surface area contributed by atoms with Gasteiger partial charge in [-0.25, -0.2) is 0 Å². The van der Waals surface area contributed by atoms with Gasteiger partial charge in [-0.15, -0.1) is 10.2 Å². The second-order valence-electron chi connectivity index (χ2n) is 8.57. The average molecular weight is 464 g/mol. The predicted octanol–water partition coefficient (Wildman–Crippen LogP) is 3.16. The maximum absolute atomic E-state index is 12.5. The predicted molar refractivity (Wildman–Crippen MR) is 130 cm³/mol. The van der Waals surface area contributed by atoms with Crippen LogP contribution in [0.2, 0.25) is 0 Å². The lowest BCUT2D eigenvalue weighted by molar-refractivity contribution is -0.121. The maximum atomic E-state index is 12.5. The Morgan fingerprint density at radius 1 is 1.00 bits per heavy atom. The van der Waals surface area contributed by atoms with E-state index in [2.05, 4.69) is 25.0 Å². The Bertz CT molecular complexity index is 1080. The minimum atomic E-state index is -0.203. The van der Waals surface area contributed by atoms with Crippen molar-refractivity contribution < 1.29 is 14.3 Å². The van der Waals surface area contributed by atoms with Crippen LogP contribution in [0.5, 0.6) is 11.5 Å². The summed E-state index contributed by atoms with van der Waals surface area (Å²) in [5, 5.41) is 11.9. The SMILES string of the molecule is COc1cccc(OC)c1CN1CCc2nnc([C@H](C)NC(=O)CCc3ccccc3)n2CC1. The lowest BCUT2D eigenvalue weighted by atomic mass is 10.1. The number of methoxy groups -OCH3 is 2. The number of nitrogens with zero attached hydrogens (tertiary/aromatic N) is 4. The third-order valence-electron chi connectivity index (χ3n) is 6.31. The number of ether oxygens (including phenoxy) is 2. The molecule has 0 saturated carbocycles. The quantitative estimate of drug-likeness (QED) is 0.525. The fourth-order valence-corrected chi connectivity index (χ4v) is 4.46. The summed E-state index contributed by atoms with van der Waals surface area (Å²) in [6, 6.07) is 15.7. The van der Waals surface area contributed by atoms with Crippen LogP contribution in [-0.4, -0.2) is 52.9 Å². The van der Waals surface area contributed by atoms with Crippen molar-refractivity contribution in [1.82, 2.24) is 25.0 Å². The van der Waals surface area contributed by atoms with E-state index in [9.17, 15) is 4.79 Å². The Kier molecular flexibility index (Phi) is 7.80. The van der Waals surface area contributed by atoms with Gasteiger partial charge in [-0.2, -0.15) is 0 Å². The van der Waals surface area contributed by atoms with Crippen LogP contribution in [0, 0.1) is 0 Å². The van der Waals surface area contributed by atoms with Crippen LogP contribution in [0.3, 0.4) is 0 Å². The van der Waals surface area contributed by atoms with E-state index in [-0.39, 0.29) is 11.9 Å². The van der Waals surface area contributed by atoms with Crippen molar-refractivity contribution in [2.75, 3.05) is 27.3 Å². The smallest absolute Gasteiger partial charge is 0.220 e. The molecule has 0 fully saturated rings. The van der Waals surface area contributed by atoms with Crippen LogP contribution in [0.25, 0.3) is 0 Å². The van der Waals surface area contributed by atoms with Crippen molar-refractivity contribution in [3.05, 3.63) is 71.3 Å². The minimum absolute atomic E-state index is 0.0206. The third-order valence-corrected chi connectivity index (χ3v) is 6.31. The Hall–Kier alpha value is -3.39. The molecule has 0 radical (unpaired) electrons. The molecular formula is C26H33N5O3. The molecule has 2 aromatic carbocycles. The molecule has 1 aromatic heterocycles. The Labute approximate surface area is 200 Å². The van der Waals surface area contributed by atoms with Crippen LogP contribution in [0.15, 0.2) is 48.5 Å². The van der Waals surface area contributed by atoms with Gasteiger partial charge in [0.1, 0.15) is 17.3 Å². The van der Waals surface area contributed by atoms with Gasteiger partial charge in [0.15, 0.2) is 5.82 Å². The molecule has 8 heteroatoms. The van der Waals surface area contributed by atoms with E-state index in [0.29, 0.717) is 6.42 Å². The van der Waals surface area contributed by atoms with Crippen LogP contribution >= 0.6 is 0 Å². The molecule has 1 aliphatic rings. The van der Waals surface area contributed by atoms with E-state index in [1.807, 2.05) is 55.5 Å². The van der Waals surface area contributed by atoms with Gasteiger partial charge in [-0.1, -0.05) is 36.4 Å². The summed E-state index contributed by atoms with van der Waals surface area (Å²) < 4.78 is 13.3. The molecule has 8 nitrogen and oxygen atoms in total. The molecule has 1 atom stereocenters. The van der Waals surface area contributed by atoms with Crippen molar-refractivity contribution in [2.45, 2.75) is 45.3 Å². The molecule has 0 aliphatic carbocycles. The summed E-state index contributed by atoms with van der Waals surface area (Å²) in [5.74, 6) is 3.44. The van der Waals surface area contributed by atoms with Crippen LogP contribution in [-0.2, 0) is 30.7 Å². The standard InChI is InChI=1S/C26H33N5O3/c1-19(27-25(32)13-12-20-8-5-4-6-9-20)26-29-28-24-14-15-30(16-17-31(24)26)18-21-22(33-2)10-7-11-23(21)34-3/h4-11,19H,12-18H2,1-3H3,(H,27,32)/t19-/m0/s1. The van der Waals surface area contributed by atoms with E-state index in [4.69, 9.17) is 9.47 Å². The maximum Gasteiger partial charge on any atom is 0.220 e. The fraction of sp³-hybridized carbons (Fsp3) is 0.423. The average Bonchev–Trinajstić information content (AvgIpc) is 3.17. The molecule has 0 bridgehead atoms. The molecule has 2 heterocycles. The zero-order valence-corrected chi connectivity index (χ0v) is 20.2. The number of amides is 1. The highest BCUT2D eigenvalue weighted by Crippen LogP contribution is 2.30. The number of hydrogen-bond donors (Lipinski definition) is 1. The lowest BCUT2D eigenvalue weighted by Gasteiger charge is -2.22. The Balaban J connectivity index is 1.37. The summed E-state index contributed by atoms with van der Waals surface area (Å²) in [6.07, 6.45) is 1.96. The summed E-state index contributed by atoms with van der Waals surface area (Å²) in [6.45, 7) is 5.16. The number of aromatic nitrogens is 3. The van der Waals surface area contributed by atoms with Crippen LogP contribution in [0.1, 0.15) is 42.2 Å². The number of fused-ring (bicyclic) bond motifs is 1. The zero-order chi connectivity index (χ0) is 23.9. The first-order valence-electron chi connectivity index (χ1n) is 11.8. The van der Waals surface area contributed by atoms with E-state index in [1.54, 1.807) is 14.2 Å². The minimum Gasteiger partial charge on any atom is -0.496 e. The van der Waals surface area contributed by atoms with Crippen molar-refractivity contribution >= 4 is 5.91 Å². The fourth-order valence-electron chi connectivity index (χ4n) is 4.46. The van der Waals surface area contributed by atoms with Gasteiger partial charge in [-0.3, -0.25) is 9.69 Å². The number of carbonyl (C=O) groups excluding carboxylic acids is 1. The van der Waals surface area contributed by atoms with Gasteiger partial charge in [0, 0.05) is 39.0 Å². The highest BCUT2D eigenvalue weighted by atomic mass is 16.5. The highest BCUT2D eigenvalue weighted by Gasteiger charge is 2.24. The normalized spacial score (nSPS) is 14.7. The van der Waals surface area contributed by atoms with Gasteiger partial charge in [0.05, 0.1) is 25.8 Å². The molecule has 0 spiro atoms. The molecule has 1 amide bonds. The van der Waals surface area contributed by atoms with E-state index in [1.165, 1.54) is 0 Å². The monoisotopic (exact) mass is 463 g/mol. The second kappa shape index (κ2) is 11.2. The van der Waals surface area contributed by atoms with Crippen molar-refractivity contribution in [1.29, 1.82) is 0 Å².